The van der Waals surface area contributed by atoms with Gasteiger partial charge in [-0.3, -0.25) is 9.59 Å². The molecule has 0 radical (unpaired) electrons. The number of nitrogens with one attached hydrogen (secondary N) is 2. The van der Waals surface area contributed by atoms with Gasteiger partial charge in [-0.05, 0) is 37.0 Å². The molecule has 11 heteroatoms. The van der Waals surface area contributed by atoms with Crippen molar-refractivity contribution in [2.75, 3.05) is 44.4 Å². The molecule has 1 atom stereocenters. The number of benzene rings is 1. The van der Waals surface area contributed by atoms with E-state index in [4.69, 9.17) is 5.84 Å². The number of nitroso groups, excluding NO2 is 1. The topological polar surface area (TPSA) is 124 Å². The number of halogens is 1. The van der Waals surface area contributed by atoms with Gasteiger partial charge < -0.3 is 20.4 Å². The summed E-state index contributed by atoms with van der Waals surface area (Å²) in [5, 5.41) is 6.21. The van der Waals surface area contributed by atoms with Crippen molar-refractivity contribution in [3.63, 3.8) is 0 Å². The molecular formula is C22H29FN7O3+. The highest BCUT2D eigenvalue weighted by molar-refractivity contribution is 5.94. The van der Waals surface area contributed by atoms with Crippen LogP contribution >= 0.6 is 0 Å². The predicted molar refractivity (Wildman–Crippen MR) is 123 cm³/mol. The van der Waals surface area contributed by atoms with Crippen molar-refractivity contribution in [3.05, 3.63) is 46.8 Å². The number of nitrogens with two attached hydrogens (primary N) is 1. The SMILES string of the molecule is CC(=O)N1CCCC(CNc2cc(Nc3ccc(C(=O)N(C)C)c(F)c3)ncc2[N+](N)=O)C1. The van der Waals surface area contributed by atoms with Crippen LogP contribution in [0.1, 0.15) is 30.1 Å². The summed E-state index contributed by atoms with van der Waals surface area (Å²) in [6.45, 7) is 3.51. The number of hydrazine groups is 1. The molecule has 0 bridgehead atoms. The van der Waals surface area contributed by atoms with Crippen LogP contribution in [0.5, 0.6) is 0 Å². The summed E-state index contributed by atoms with van der Waals surface area (Å²) in [6.07, 6.45) is 3.20. The van der Waals surface area contributed by atoms with E-state index in [1.54, 1.807) is 33.2 Å². The largest absolute Gasteiger partial charge is 0.379 e. The highest BCUT2D eigenvalue weighted by Crippen LogP contribution is 2.28. The van der Waals surface area contributed by atoms with E-state index in [9.17, 15) is 18.9 Å². The van der Waals surface area contributed by atoms with E-state index >= 15 is 0 Å². The van der Waals surface area contributed by atoms with E-state index < -0.39 is 11.7 Å². The van der Waals surface area contributed by atoms with Gasteiger partial charge in [-0.25, -0.2) is 9.37 Å². The Hall–Kier alpha value is -3.76. The number of likely N-dealkylation sites (tertiary alicyclic amines) is 1. The first-order valence-electron chi connectivity index (χ1n) is 10.6. The van der Waals surface area contributed by atoms with Crippen LogP contribution in [0.4, 0.5) is 27.3 Å². The standard InChI is InChI=1S/C22H28FN7O3/c1-14(31)29-8-4-5-15(13-29)11-25-19-10-21(26-12-20(19)30(24)33)27-16-6-7-17(18(23)9-16)22(32)28(2)3/h6-7,9-10,12,15H,4-5,8,11,13H2,1-3H3,(H3-,24,25,26,27,32,33)/p+1. The molecule has 0 saturated carbocycles. The number of hydrogen-bond acceptors (Lipinski definition) is 6. The first-order valence-corrected chi connectivity index (χ1v) is 10.6. The lowest BCUT2D eigenvalue weighted by Gasteiger charge is -2.32. The summed E-state index contributed by atoms with van der Waals surface area (Å²) in [7, 11) is 3.10. The maximum atomic E-state index is 14.4. The number of carbonyl (C=O) groups excluding carboxylic acids is 2. The number of piperidine rings is 1. The van der Waals surface area contributed by atoms with Crippen molar-refractivity contribution in [2.45, 2.75) is 19.8 Å². The lowest BCUT2D eigenvalue weighted by Crippen LogP contribution is -2.40. The minimum Gasteiger partial charge on any atom is -0.379 e. The molecule has 3 rings (SSSR count). The van der Waals surface area contributed by atoms with Gasteiger partial charge in [0.2, 0.25) is 5.91 Å². The molecule has 1 aliphatic heterocycles. The summed E-state index contributed by atoms with van der Waals surface area (Å²) >= 11 is 0. The Morgan fingerprint density at radius 3 is 2.73 bits per heavy atom. The number of nitrogens with zero attached hydrogens (tertiary/aromatic N) is 4. The van der Waals surface area contributed by atoms with Gasteiger partial charge in [0.05, 0.1) is 10.5 Å². The van der Waals surface area contributed by atoms with Gasteiger partial charge in [0.15, 0.2) is 4.87 Å². The maximum Gasteiger partial charge on any atom is 0.332 e. The van der Waals surface area contributed by atoms with Crippen LogP contribution in [0.2, 0.25) is 0 Å². The summed E-state index contributed by atoms with van der Waals surface area (Å²) < 4.78 is 14.4. The van der Waals surface area contributed by atoms with Crippen molar-refractivity contribution in [1.82, 2.24) is 14.8 Å². The zero-order chi connectivity index (χ0) is 24.1. The number of carbonyl (C=O) groups is 2. The molecule has 0 aliphatic carbocycles. The molecule has 1 aliphatic rings. The fourth-order valence-electron chi connectivity index (χ4n) is 3.76. The lowest BCUT2D eigenvalue weighted by atomic mass is 9.98. The zero-order valence-electron chi connectivity index (χ0n) is 19.0. The van der Waals surface area contributed by atoms with Crippen molar-refractivity contribution in [3.8, 4) is 0 Å². The fraction of sp³-hybridized carbons (Fsp3) is 0.409. The first kappa shape index (κ1) is 23.9. The molecule has 33 heavy (non-hydrogen) atoms. The van der Waals surface area contributed by atoms with E-state index in [2.05, 4.69) is 15.6 Å². The molecule has 1 saturated heterocycles. The van der Waals surface area contributed by atoms with Crippen molar-refractivity contribution in [2.24, 2.45) is 11.8 Å². The van der Waals surface area contributed by atoms with E-state index in [1.165, 1.54) is 23.2 Å². The highest BCUT2D eigenvalue weighted by atomic mass is 19.1. The predicted octanol–water partition coefficient (Wildman–Crippen LogP) is 2.62. The average molecular weight is 459 g/mol. The number of hydrogen-bond donors (Lipinski definition) is 3. The van der Waals surface area contributed by atoms with Crippen molar-refractivity contribution in [1.29, 1.82) is 0 Å². The van der Waals surface area contributed by atoms with Crippen LogP contribution < -0.4 is 16.5 Å². The lowest BCUT2D eigenvalue weighted by molar-refractivity contribution is -0.474. The second-order valence-corrected chi connectivity index (χ2v) is 8.29. The molecule has 2 aromatic rings. The van der Waals surface area contributed by atoms with Crippen molar-refractivity contribution >= 4 is 34.7 Å². The van der Waals surface area contributed by atoms with Crippen LogP contribution in [-0.4, -0.2) is 65.2 Å². The van der Waals surface area contributed by atoms with Gasteiger partial charge in [-0.1, -0.05) is 0 Å². The Labute approximate surface area is 191 Å². The second-order valence-electron chi connectivity index (χ2n) is 8.29. The number of pyridine rings is 1. The Bertz CT molecular complexity index is 1060. The summed E-state index contributed by atoms with van der Waals surface area (Å²) in [4.78, 5) is 43.0. The minimum atomic E-state index is -0.659. The van der Waals surface area contributed by atoms with Gasteiger partial charge in [-0.2, -0.15) is 5.84 Å². The van der Waals surface area contributed by atoms with E-state index in [-0.39, 0.29) is 27.9 Å². The Morgan fingerprint density at radius 1 is 1.33 bits per heavy atom. The quantitative estimate of drug-likeness (QED) is 0.331. The molecule has 4 N–H and O–H groups in total. The molecular weight excluding hydrogens is 429 g/mol. The average Bonchev–Trinajstić information content (AvgIpc) is 2.77. The summed E-state index contributed by atoms with van der Waals surface area (Å²) in [5.74, 6) is 4.97. The third kappa shape index (κ3) is 5.93. The molecule has 10 nitrogen and oxygen atoms in total. The molecule has 1 aromatic carbocycles. The van der Waals surface area contributed by atoms with E-state index in [0.29, 0.717) is 30.3 Å². The smallest absolute Gasteiger partial charge is 0.332 e. The van der Waals surface area contributed by atoms with Gasteiger partial charge in [0, 0.05) is 52.4 Å². The number of anilines is 3. The van der Waals surface area contributed by atoms with Crippen molar-refractivity contribution < 1.29 is 18.8 Å². The normalized spacial score (nSPS) is 15.6. The summed E-state index contributed by atoms with van der Waals surface area (Å²) in [5.41, 5.74) is 0.973. The number of aromatic nitrogens is 1. The van der Waals surface area contributed by atoms with Gasteiger partial charge in [0.1, 0.15) is 23.5 Å². The highest BCUT2D eigenvalue weighted by Gasteiger charge is 2.24. The minimum absolute atomic E-state index is 0.0339. The van der Waals surface area contributed by atoms with Gasteiger partial charge >= 0.3 is 5.69 Å². The van der Waals surface area contributed by atoms with E-state index in [0.717, 1.165) is 19.4 Å². The number of amides is 2. The Balaban J connectivity index is 1.75. The van der Waals surface area contributed by atoms with Crippen LogP contribution in [0.3, 0.4) is 0 Å². The number of rotatable bonds is 7. The van der Waals surface area contributed by atoms with Crippen LogP contribution in [0.25, 0.3) is 0 Å². The Morgan fingerprint density at radius 2 is 2.09 bits per heavy atom. The molecule has 1 aromatic heterocycles. The third-order valence-corrected chi connectivity index (χ3v) is 5.54. The molecule has 2 heterocycles. The van der Waals surface area contributed by atoms with Crippen LogP contribution in [-0.2, 0) is 4.79 Å². The van der Waals surface area contributed by atoms with E-state index in [1.807, 2.05) is 4.90 Å². The van der Waals surface area contributed by atoms with Crippen LogP contribution in [0, 0.1) is 16.6 Å². The monoisotopic (exact) mass is 458 g/mol. The molecule has 1 fully saturated rings. The second kappa shape index (κ2) is 10.2. The maximum absolute atomic E-state index is 14.4. The van der Waals surface area contributed by atoms with Gasteiger partial charge in [-0.15, -0.1) is 0 Å². The molecule has 0 spiro atoms. The first-order chi connectivity index (χ1) is 15.7. The molecule has 2 amide bonds. The Kier molecular flexibility index (Phi) is 7.41. The molecule has 1 unspecified atom stereocenters. The fourth-order valence-corrected chi connectivity index (χ4v) is 3.76. The summed E-state index contributed by atoms with van der Waals surface area (Å²) in [6, 6.07) is 5.79. The van der Waals surface area contributed by atoms with Gasteiger partial charge in [0.25, 0.3) is 5.91 Å². The zero-order valence-corrected chi connectivity index (χ0v) is 19.0. The van der Waals surface area contributed by atoms with Crippen LogP contribution in [0.15, 0.2) is 30.5 Å². The third-order valence-electron chi connectivity index (χ3n) is 5.54. The molecule has 176 valence electrons.